The molecule has 0 heterocycles. The van der Waals surface area contributed by atoms with Crippen LogP contribution in [0.2, 0.25) is 0 Å². The Kier molecular flexibility index (Phi) is 4.67. The van der Waals surface area contributed by atoms with E-state index in [-0.39, 0.29) is 5.57 Å². The minimum Gasteiger partial charge on any atom is -0.321 e. The Labute approximate surface area is 179 Å². The molecule has 31 heavy (non-hydrogen) atoms. The summed E-state index contributed by atoms with van der Waals surface area (Å²) >= 11 is 0. The first-order valence-electron chi connectivity index (χ1n) is 10.1. The van der Waals surface area contributed by atoms with Gasteiger partial charge in [0.05, 0.1) is 0 Å². The Morgan fingerprint density at radius 1 is 0.710 bits per heavy atom. The second kappa shape index (κ2) is 7.78. The van der Waals surface area contributed by atoms with Crippen molar-refractivity contribution in [3.63, 3.8) is 0 Å². The van der Waals surface area contributed by atoms with Crippen molar-refractivity contribution in [3.8, 4) is 6.07 Å². The highest BCUT2D eigenvalue weighted by Crippen LogP contribution is 2.30. The lowest BCUT2D eigenvalue weighted by molar-refractivity contribution is -0.112. The predicted octanol–water partition coefficient (Wildman–Crippen LogP) is 6.69. The maximum Gasteiger partial charge on any atom is 0.266 e. The van der Waals surface area contributed by atoms with Crippen LogP contribution in [0.5, 0.6) is 0 Å². The standard InChI is InChI=1S/C28H18N2O/c29-18-22(28(31)30-27-15-7-11-19-8-1-6-14-25(19)27)17-26-23-12-4-2-9-20(23)16-21-10-3-5-13-24(21)26/h1-17H,(H,30,31). The summed E-state index contributed by atoms with van der Waals surface area (Å²) < 4.78 is 0. The number of hydrogen-bond acceptors (Lipinski definition) is 2. The van der Waals surface area contributed by atoms with Crippen molar-refractivity contribution in [2.24, 2.45) is 0 Å². The molecule has 3 nitrogen and oxygen atoms in total. The van der Waals surface area contributed by atoms with Gasteiger partial charge in [0.15, 0.2) is 0 Å². The quantitative estimate of drug-likeness (QED) is 0.209. The number of fused-ring (bicyclic) bond motifs is 3. The summed E-state index contributed by atoms with van der Waals surface area (Å²) in [6.45, 7) is 0. The Morgan fingerprint density at radius 3 is 1.90 bits per heavy atom. The zero-order valence-electron chi connectivity index (χ0n) is 16.7. The van der Waals surface area contributed by atoms with Gasteiger partial charge >= 0.3 is 0 Å². The van der Waals surface area contributed by atoms with Crippen molar-refractivity contribution >= 4 is 50.0 Å². The molecule has 5 rings (SSSR count). The number of nitrogens with one attached hydrogen (secondary N) is 1. The zero-order chi connectivity index (χ0) is 21.2. The van der Waals surface area contributed by atoms with Crippen molar-refractivity contribution in [2.45, 2.75) is 0 Å². The number of nitriles is 1. The fourth-order valence-electron chi connectivity index (χ4n) is 4.02. The smallest absolute Gasteiger partial charge is 0.266 e. The fraction of sp³-hybridized carbons (Fsp3) is 0. The SMILES string of the molecule is N#CC(=Cc1c2ccccc2cc2ccccc12)C(=O)Nc1cccc2ccccc12. The summed E-state index contributed by atoms with van der Waals surface area (Å²) in [5, 5.41) is 18.9. The number of benzene rings is 5. The molecule has 0 aliphatic carbocycles. The van der Waals surface area contributed by atoms with Gasteiger partial charge in [-0.3, -0.25) is 4.79 Å². The van der Waals surface area contributed by atoms with Crippen LogP contribution in [0.1, 0.15) is 5.56 Å². The molecule has 1 N–H and O–H groups in total. The van der Waals surface area contributed by atoms with Crippen molar-refractivity contribution in [1.82, 2.24) is 0 Å². The Bertz CT molecular complexity index is 1480. The number of hydrogen-bond donors (Lipinski definition) is 1. The number of rotatable bonds is 3. The number of nitrogens with zero attached hydrogens (tertiary/aromatic N) is 1. The normalized spacial score (nSPS) is 11.5. The molecular formula is C28H18N2O. The van der Waals surface area contributed by atoms with Gasteiger partial charge in [0.25, 0.3) is 5.91 Å². The molecule has 0 fully saturated rings. The predicted molar refractivity (Wildman–Crippen MR) is 128 cm³/mol. The molecule has 0 spiro atoms. The van der Waals surface area contributed by atoms with Crippen molar-refractivity contribution in [3.05, 3.63) is 108 Å². The van der Waals surface area contributed by atoms with Crippen LogP contribution >= 0.6 is 0 Å². The van der Waals surface area contributed by atoms with Gasteiger partial charge in [-0.1, -0.05) is 84.9 Å². The van der Waals surface area contributed by atoms with Crippen LogP contribution in [0.15, 0.2) is 103 Å². The highest BCUT2D eigenvalue weighted by molar-refractivity contribution is 6.16. The zero-order valence-corrected chi connectivity index (χ0v) is 16.7. The Morgan fingerprint density at radius 2 is 1.26 bits per heavy atom. The van der Waals surface area contributed by atoms with Gasteiger partial charge in [-0.15, -0.1) is 0 Å². The maximum atomic E-state index is 13.1. The van der Waals surface area contributed by atoms with Gasteiger partial charge in [-0.2, -0.15) is 5.26 Å². The molecule has 0 saturated carbocycles. The Hall–Kier alpha value is -4.42. The van der Waals surface area contributed by atoms with E-state index in [0.29, 0.717) is 5.69 Å². The van der Waals surface area contributed by atoms with Crippen LogP contribution in [0.25, 0.3) is 38.4 Å². The van der Waals surface area contributed by atoms with E-state index in [2.05, 4.69) is 17.5 Å². The van der Waals surface area contributed by atoms with E-state index in [1.807, 2.05) is 91.0 Å². The van der Waals surface area contributed by atoms with Gasteiger partial charge in [-0.05, 0) is 50.7 Å². The van der Waals surface area contributed by atoms with Gasteiger partial charge < -0.3 is 5.32 Å². The summed E-state index contributed by atoms with van der Waals surface area (Å²) in [6.07, 6.45) is 1.70. The number of carbonyl (C=O) groups is 1. The van der Waals surface area contributed by atoms with Gasteiger partial charge in [0.1, 0.15) is 11.6 Å². The molecule has 0 radical (unpaired) electrons. The van der Waals surface area contributed by atoms with E-state index in [4.69, 9.17) is 0 Å². The molecule has 0 aromatic heterocycles. The van der Waals surface area contributed by atoms with Crippen molar-refractivity contribution in [2.75, 3.05) is 5.32 Å². The minimum absolute atomic E-state index is 0.0643. The third-order valence-electron chi connectivity index (χ3n) is 5.50. The molecule has 0 bridgehead atoms. The highest BCUT2D eigenvalue weighted by atomic mass is 16.1. The van der Waals surface area contributed by atoms with Crippen molar-refractivity contribution in [1.29, 1.82) is 5.26 Å². The average molecular weight is 398 g/mol. The van der Waals surface area contributed by atoms with Gasteiger partial charge in [0.2, 0.25) is 0 Å². The average Bonchev–Trinajstić information content (AvgIpc) is 2.82. The first-order valence-corrected chi connectivity index (χ1v) is 10.1. The molecule has 5 aromatic carbocycles. The molecule has 0 unspecified atom stereocenters. The summed E-state index contributed by atoms with van der Waals surface area (Å²) in [5.41, 5.74) is 1.62. The monoisotopic (exact) mass is 398 g/mol. The lowest BCUT2D eigenvalue weighted by atomic mass is 9.95. The lowest BCUT2D eigenvalue weighted by Crippen LogP contribution is -2.13. The van der Waals surface area contributed by atoms with Crippen molar-refractivity contribution < 1.29 is 4.79 Å². The lowest BCUT2D eigenvalue weighted by Gasteiger charge is -2.10. The molecule has 0 atom stereocenters. The second-order valence-corrected chi connectivity index (χ2v) is 7.38. The fourth-order valence-corrected chi connectivity index (χ4v) is 4.02. The van der Waals surface area contributed by atoms with Crippen LogP contribution in [-0.4, -0.2) is 5.91 Å². The molecular weight excluding hydrogens is 380 g/mol. The second-order valence-electron chi connectivity index (χ2n) is 7.38. The molecule has 1 amide bonds. The minimum atomic E-state index is -0.420. The van der Waals surface area contributed by atoms with Crippen LogP contribution in [0, 0.1) is 11.3 Å². The number of carbonyl (C=O) groups excluding carboxylic acids is 1. The van der Waals surface area contributed by atoms with Crippen LogP contribution in [0.4, 0.5) is 5.69 Å². The topological polar surface area (TPSA) is 52.9 Å². The third-order valence-corrected chi connectivity index (χ3v) is 5.50. The third kappa shape index (κ3) is 3.41. The van der Waals surface area contributed by atoms with Crippen LogP contribution in [0.3, 0.4) is 0 Å². The van der Waals surface area contributed by atoms with E-state index in [1.54, 1.807) is 6.08 Å². The summed E-state index contributed by atoms with van der Waals surface area (Å²) in [6, 6.07) is 33.8. The number of amides is 1. The van der Waals surface area contributed by atoms with E-state index in [9.17, 15) is 10.1 Å². The summed E-state index contributed by atoms with van der Waals surface area (Å²) in [4.78, 5) is 13.1. The first kappa shape index (κ1) is 18.6. The molecule has 0 aliphatic rings. The van der Waals surface area contributed by atoms with E-state index in [1.165, 1.54) is 0 Å². The van der Waals surface area contributed by atoms with Gasteiger partial charge in [0, 0.05) is 11.1 Å². The molecule has 5 aromatic rings. The van der Waals surface area contributed by atoms with Crippen LogP contribution in [-0.2, 0) is 4.79 Å². The molecule has 3 heteroatoms. The summed E-state index contributed by atoms with van der Waals surface area (Å²) in [5.74, 6) is -0.420. The molecule has 146 valence electrons. The number of anilines is 1. The van der Waals surface area contributed by atoms with E-state index >= 15 is 0 Å². The van der Waals surface area contributed by atoms with E-state index < -0.39 is 5.91 Å². The molecule has 0 aliphatic heterocycles. The first-order chi connectivity index (χ1) is 15.2. The van der Waals surface area contributed by atoms with Gasteiger partial charge in [-0.25, -0.2) is 0 Å². The van der Waals surface area contributed by atoms with Crippen LogP contribution < -0.4 is 5.32 Å². The summed E-state index contributed by atoms with van der Waals surface area (Å²) in [7, 11) is 0. The molecule has 0 saturated heterocycles. The highest BCUT2D eigenvalue weighted by Gasteiger charge is 2.13. The van der Waals surface area contributed by atoms with E-state index in [0.717, 1.165) is 37.9 Å². The maximum absolute atomic E-state index is 13.1. The largest absolute Gasteiger partial charge is 0.321 e. The Balaban J connectivity index is 1.63.